The second-order valence-electron chi connectivity index (χ2n) is 5.32. The molecule has 2 aromatic rings. The fraction of sp³-hybridized carbons (Fsp3) is 0.333. The summed E-state index contributed by atoms with van der Waals surface area (Å²) in [6.07, 6.45) is 0. The molecule has 0 fully saturated rings. The molecular formula is C18H22FN. The van der Waals surface area contributed by atoms with Gasteiger partial charge >= 0.3 is 0 Å². The van der Waals surface area contributed by atoms with Crippen molar-refractivity contribution in [3.63, 3.8) is 0 Å². The lowest BCUT2D eigenvalue weighted by molar-refractivity contribution is 0.598. The molecule has 0 bridgehead atoms. The number of benzene rings is 2. The quantitative estimate of drug-likeness (QED) is 0.843. The van der Waals surface area contributed by atoms with E-state index >= 15 is 0 Å². The number of nitrogens with one attached hydrogen (secondary N) is 1. The summed E-state index contributed by atoms with van der Waals surface area (Å²) in [7, 11) is 0. The Hall–Kier alpha value is -1.67. The Morgan fingerprint density at radius 1 is 1.05 bits per heavy atom. The summed E-state index contributed by atoms with van der Waals surface area (Å²) in [5.74, 6) is -0.166. The predicted octanol–water partition coefficient (Wildman–Crippen LogP) is 4.78. The van der Waals surface area contributed by atoms with Crippen molar-refractivity contribution < 1.29 is 4.39 Å². The van der Waals surface area contributed by atoms with E-state index in [1.807, 2.05) is 13.8 Å². The van der Waals surface area contributed by atoms with Gasteiger partial charge in [0.15, 0.2) is 0 Å². The van der Waals surface area contributed by atoms with Crippen molar-refractivity contribution in [2.24, 2.45) is 0 Å². The number of hydrogen-bond donors (Lipinski definition) is 1. The van der Waals surface area contributed by atoms with Crippen LogP contribution in [0.5, 0.6) is 0 Å². The Bertz CT molecular complexity index is 564. The van der Waals surface area contributed by atoms with E-state index in [-0.39, 0.29) is 5.82 Å². The van der Waals surface area contributed by atoms with E-state index in [1.54, 1.807) is 12.1 Å². The standard InChI is InChI=1S/C18H22FN/c1-5-20-14(4)15-6-8-16(9-7-15)18-12(2)10-17(19)11-13(18)3/h6-11,14,20H,5H2,1-4H3. The Balaban J connectivity index is 2.35. The van der Waals surface area contributed by atoms with Crippen molar-refractivity contribution in [1.82, 2.24) is 5.32 Å². The molecule has 0 aliphatic heterocycles. The van der Waals surface area contributed by atoms with Gasteiger partial charge in [-0.25, -0.2) is 4.39 Å². The molecule has 0 aromatic heterocycles. The Morgan fingerprint density at radius 2 is 1.60 bits per heavy atom. The first-order chi connectivity index (χ1) is 9.52. The van der Waals surface area contributed by atoms with Crippen molar-refractivity contribution in [3.05, 3.63) is 58.9 Å². The zero-order valence-corrected chi connectivity index (χ0v) is 12.6. The van der Waals surface area contributed by atoms with E-state index in [0.717, 1.165) is 28.8 Å². The molecule has 2 aromatic carbocycles. The molecule has 0 heterocycles. The summed E-state index contributed by atoms with van der Waals surface area (Å²) >= 11 is 0. The summed E-state index contributed by atoms with van der Waals surface area (Å²) < 4.78 is 13.4. The van der Waals surface area contributed by atoms with Gasteiger partial charge in [-0.3, -0.25) is 0 Å². The highest BCUT2D eigenvalue weighted by atomic mass is 19.1. The first-order valence-electron chi connectivity index (χ1n) is 7.13. The Labute approximate surface area is 120 Å². The lowest BCUT2D eigenvalue weighted by Crippen LogP contribution is -2.17. The second-order valence-corrected chi connectivity index (χ2v) is 5.32. The zero-order chi connectivity index (χ0) is 14.7. The molecule has 20 heavy (non-hydrogen) atoms. The smallest absolute Gasteiger partial charge is 0.123 e. The van der Waals surface area contributed by atoms with Crippen LogP contribution in [0.3, 0.4) is 0 Å². The van der Waals surface area contributed by atoms with Crippen molar-refractivity contribution >= 4 is 0 Å². The maximum atomic E-state index is 13.4. The highest BCUT2D eigenvalue weighted by Gasteiger charge is 2.09. The largest absolute Gasteiger partial charge is 0.310 e. The molecule has 1 nitrogen and oxygen atoms in total. The van der Waals surface area contributed by atoms with E-state index in [4.69, 9.17) is 0 Å². The van der Waals surface area contributed by atoms with Crippen LogP contribution < -0.4 is 5.32 Å². The number of rotatable bonds is 4. The number of hydrogen-bond acceptors (Lipinski definition) is 1. The first-order valence-corrected chi connectivity index (χ1v) is 7.13. The summed E-state index contributed by atoms with van der Waals surface area (Å²) in [5, 5.41) is 3.40. The first kappa shape index (κ1) is 14.7. The van der Waals surface area contributed by atoms with E-state index in [2.05, 4.69) is 43.4 Å². The van der Waals surface area contributed by atoms with E-state index in [1.165, 1.54) is 5.56 Å². The summed E-state index contributed by atoms with van der Waals surface area (Å²) in [4.78, 5) is 0. The van der Waals surface area contributed by atoms with Crippen molar-refractivity contribution in [3.8, 4) is 11.1 Å². The fourth-order valence-electron chi connectivity index (χ4n) is 2.73. The van der Waals surface area contributed by atoms with Gasteiger partial charge in [-0.15, -0.1) is 0 Å². The molecule has 0 aliphatic rings. The molecular weight excluding hydrogens is 249 g/mol. The van der Waals surface area contributed by atoms with Gasteiger partial charge < -0.3 is 5.32 Å². The Morgan fingerprint density at radius 3 is 2.10 bits per heavy atom. The SMILES string of the molecule is CCNC(C)c1ccc(-c2c(C)cc(F)cc2C)cc1. The molecule has 0 amide bonds. The van der Waals surface area contributed by atoms with Crippen molar-refractivity contribution in [2.75, 3.05) is 6.54 Å². The van der Waals surface area contributed by atoms with Crippen LogP contribution in [0, 0.1) is 19.7 Å². The third-order valence-corrected chi connectivity index (χ3v) is 3.71. The predicted molar refractivity (Wildman–Crippen MR) is 83.4 cm³/mol. The van der Waals surface area contributed by atoms with Crippen LogP contribution in [0.2, 0.25) is 0 Å². The van der Waals surface area contributed by atoms with Crippen LogP contribution in [-0.2, 0) is 0 Å². The summed E-state index contributed by atoms with van der Waals surface area (Å²) in [6, 6.07) is 12.1. The van der Waals surface area contributed by atoms with Gasteiger partial charge in [0, 0.05) is 6.04 Å². The molecule has 0 aliphatic carbocycles. The molecule has 106 valence electrons. The topological polar surface area (TPSA) is 12.0 Å². The van der Waals surface area contributed by atoms with Crippen LogP contribution in [0.25, 0.3) is 11.1 Å². The summed E-state index contributed by atoms with van der Waals surface area (Å²) in [5.41, 5.74) is 5.51. The van der Waals surface area contributed by atoms with Gasteiger partial charge in [0.25, 0.3) is 0 Å². The average molecular weight is 271 g/mol. The molecule has 0 radical (unpaired) electrons. The van der Waals surface area contributed by atoms with E-state index < -0.39 is 0 Å². The van der Waals surface area contributed by atoms with Crippen LogP contribution in [0.15, 0.2) is 36.4 Å². The third kappa shape index (κ3) is 3.07. The third-order valence-electron chi connectivity index (χ3n) is 3.71. The summed E-state index contributed by atoms with van der Waals surface area (Å²) in [6.45, 7) is 9.14. The maximum Gasteiger partial charge on any atom is 0.123 e. The van der Waals surface area contributed by atoms with Crippen LogP contribution in [0.4, 0.5) is 4.39 Å². The van der Waals surface area contributed by atoms with Gasteiger partial charge in [-0.05, 0) is 67.3 Å². The van der Waals surface area contributed by atoms with Crippen LogP contribution in [0.1, 0.15) is 36.6 Å². The monoisotopic (exact) mass is 271 g/mol. The van der Waals surface area contributed by atoms with Crippen molar-refractivity contribution in [2.45, 2.75) is 33.7 Å². The lowest BCUT2D eigenvalue weighted by atomic mass is 9.94. The van der Waals surface area contributed by atoms with Gasteiger partial charge in [0.2, 0.25) is 0 Å². The molecule has 1 unspecified atom stereocenters. The normalized spacial score (nSPS) is 12.4. The minimum absolute atomic E-state index is 0.166. The minimum Gasteiger partial charge on any atom is -0.310 e. The molecule has 1 N–H and O–H groups in total. The van der Waals surface area contributed by atoms with Gasteiger partial charge in [-0.1, -0.05) is 31.2 Å². The number of aryl methyl sites for hydroxylation is 2. The maximum absolute atomic E-state index is 13.4. The van der Waals surface area contributed by atoms with E-state index in [0.29, 0.717) is 6.04 Å². The van der Waals surface area contributed by atoms with Gasteiger partial charge in [0.05, 0.1) is 0 Å². The zero-order valence-electron chi connectivity index (χ0n) is 12.6. The van der Waals surface area contributed by atoms with Crippen LogP contribution >= 0.6 is 0 Å². The number of halogens is 1. The molecule has 1 atom stereocenters. The highest BCUT2D eigenvalue weighted by Crippen LogP contribution is 2.29. The average Bonchev–Trinajstić information content (AvgIpc) is 2.38. The van der Waals surface area contributed by atoms with Crippen molar-refractivity contribution in [1.29, 1.82) is 0 Å². The highest BCUT2D eigenvalue weighted by molar-refractivity contribution is 5.71. The molecule has 0 spiro atoms. The van der Waals surface area contributed by atoms with E-state index in [9.17, 15) is 4.39 Å². The second kappa shape index (κ2) is 6.19. The van der Waals surface area contributed by atoms with Crippen LogP contribution in [-0.4, -0.2) is 6.54 Å². The van der Waals surface area contributed by atoms with Gasteiger partial charge in [0.1, 0.15) is 5.82 Å². The fourth-order valence-corrected chi connectivity index (χ4v) is 2.73. The van der Waals surface area contributed by atoms with Gasteiger partial charge in [-0.2, -0.15) is 0 Å². The molecule has 0 saturated heterocycles. The Kier molecular flexibility index (Phi) is 4.56. The molecule has 2 heteroatoms. The minimum atomic E-state index is -0.166. The molecule has 2 rings (SSSR count). The molecule has 0 saturated carbocycles. The lowest BCUT2D eigenvalue weighted by Gasteiger charge is -2.15.